The number of hydrogen-bond donors (Lipinski definition) is 1. The van der Waals surface area contributed by atoms with Gasteiger partial charge in [0, 0.05) is 17.3 Å². The van der Waals surface area contributed by atoms with E-state index in [-0.39, 0.29) is 18.3 Å². The molecule has 1 heterocycles. The lowest BCUT2D eigenvalue weighted by molar-refractivity contribution is -0.113. The molecule has 0 atom stereocenters. The van der Waals surface area contributed by atoms with E-state index >= 15 is 0 Å². The first-order valence-corrected chi connectivity index (χ1v) is 11.3. The molecular formula is C23H25ClN4O3S. The summed E-state index contributed by atoms with van der Waals surface area (Å²) in [4.78, 5) is 12.4. The second-order valence-corrected chi connectivity index (χ2v) is 8.39. The number of amides is 1. The summed E-state index contributed by atoms with van der Waals surface area (Å²) in [6.07, 6.45) is 1.75. The minimum atomic E-state index is -0.162. The van der Waals surface area contributed by atoms with Gasteiger partial charge < -0.3 is 14.8 Å². The van der Waals surface area contributed by atoms with Crippen LogP contribution in [0.4, 0.5) is 5.69 Å². The van der Waals surface area contributed by atoms with Gasteiger partial charge >= 0.3 is 0 Å². The maximum atomic E-state index is 12.4. The number of anilines is 1. The summed E-state index contributed by atoms with van der Waals surface area (Å²) in [5.41, 5.74) is 2.68. The highest BCUT2D eigenvalue weighted by molar-refractivity contribution is 7.99. The predicted molar refractivity (Wildman–Crippen MR) is 128 cm³/mol. The van der Waals surface area contributed by atoms with Gasteiger partial charge in [-0.05, 0) is 49.2 Å². The topological polar surface area (TPSA) is 78.3 Å². The monoisotopic (exact) mass is 472 g/mol. The number of rotatable bonds is 10. The van der Waals surface area contributed by atoms with E-state index in [4.69, 9.17) is 21.1 Å². The highest BCUT2D eigenvalue weighted by Crippen LogP contribution is 2.29. The Balaban J connectivity index is 1.64. The highest BCUT2D eigenvalue weighted by atomic mass is 35.5. The molecule has 3 aromatic rings. The summed E-state index contributed by atoms with van der Waals surface area (Å²) in [5, 5.41) is 12.5. The number of benzene rings is 2. The van der Waals surface area contributed by atoms with Crippen LogP contribution in [-0.2, 0) is 17.9 Å². The molecule has 0 unspecified atom stereocenters. The maximum absolute atomic E-state index is 12.4. The first-order chi connectivity index (χ1) is 15.4. The quantitative estimate of drug-likeness (QED) is 0.328. The summed E-state index contributed by atoms with van der Waals surface area (Å²) in [6, 6.07) is 11.1. The average Bonchev–Trinajstić information content (AvgIpc) is 3.15. The molecule has 0 spiro atoms. The van der Waals surface area contributed by atoms with Crippen molar-refractivity contribution in [3.63, 3.8) is 0 Å². The Labute approximate surface area is 196 Å². The van der Waals surface area contributed by atoms with Crippen LogP contribution in [0.1, 0.15) is 17.0 Å². The molecule has 7 nitrogen and oxygen atoms in total. The fourth-order valence-electron chi connectivity index (χ4n) is 2.88. The third-order valence-electron chi connectivity index (χ3n) is 4.57. The number of ether oxygens (including phenoxy) is 2. The number of nitrogens with zero attached hydrogens (tertiary/aromatic N) is 3. The third kappa shape index (κ3) is 6.05. The van der Waals surface area contributed by atoms with Crippen molar-refractivity contribution in [2.45, 2.75) is 32.2 Å². The van der Waals surface area contributed by atoms with Crippen molar-refractivity contribution >= 4 is 35.0 Å². The summed E-state index contributed by atoms with van der Waals surface area (Å²) in [7, 11) is 1.60. The fraction of sp³-hybridized carbons (Fsp3) is 0.261. The standard InChI is InChI=1S/C23H25ClN4O3S/c1-5-10-28-21(13-31-19-9-6-15(2)11-20(19)30-4)26-27-23(28)32-14-22(29)25-17-8-7-16(3)18(24)12-17/h5-9,11-12H,1,10,13-14H2,2-4H3,(H,25,29). The van der Waals surface area contributed by atoms with Crippen LogP contribution in [0.15, 0.2) is 54.2 Å². The van der Waals surface area contributed by atoms with E-state index in [1.165, 1.54) is 11.8 Å². The van der Waals surface area contributed by atoms with Gasteiger partial charge in [0.2, 0.25) is 5.91 Å². The van der Waals surface area contributed by atoms with Crippen molar-refractivity contribution in [3.8, 4) is 11.5 Å². The van der Waals surface area contributed by atoms with Crippen LogP contribution in [0, 0.1) is 13.8 Å². The van der Waals surface area contributed by atoms with E-state index in [1.807, 2.05) is 48.7 Å². The molecule has 0 saturated carbocycles. The van der Waals surface area contributed by atoms with Crippen LogP contribution in [-0.4, -0.2) is 33.5 Å². The van der Waals surface area contributed by atoms with Crippen LogP contribution >= 0.6 is 23.4 Å². The molecule has 0 aliphatic heterocycles. The number of thioether (sulfide) groups is 1. The van der Waals surface area contributed by atoms with Gasteiger partial charge in [-0.25, -0.2) is 0 Å². The molecule has 1 amide bonds. The van der Waals surface area contributed by atoms with Gasteiger partial charge in [0.05, 0.1) is 12.9 Å². The summed E-state index contributed by atoms with van der Waals surface area (Å²) in [6.45, 7) is 8.39. The lowest BCUT2D eigenvalue weighted by atomic mass is 10.2. The molecule has 32 heavy (non-hydrogen) atoms. The van der Waals surface area contributed by atoms with Crippen LogP contribution in [0.2, 0.25) is 5.02 Å². The van der Waals surface area contributed by atoms with E-state index in [2.05, 4.69) is 22.1 Å². The number of allylic oxidation sites excluding steroid dienone is 1. The minimum absolute atomic E-state index is 0.162. The van der Waals surface area contributed by atoms with Crippen molar-refractivity contribution in [2.24, 2.45) is 0 Å². The number of nitrogens with one attached hydrogen (secondary N) is 1. The van der Waals surface area contributed by atoms with Crippen molar-refractivity contribution in [2.75, 3.05) is 18.2 Å². The van der Waals surface area contributed by atoms with Crippen LogP contribution in [0.3, 0.4) is 0 Å². The maximum Gasteiger partial charge on any atom is 0.234 e. The highest BCUT2D eigenvalue weighted by Gasteiger charge is 2.15. The molecule has 1 N–H and O–H groups in total. The van der Waals surface area contributed by atoms with Crippen LogP contribution < -0.4 is 14.8 Å². The van der Waals surface area contributed by atoms with Gasteiger partial charge in [0.25, 0.3) is 0 Å². The van der Waals surface area contributed by atoms with Gasteiger partial charge in [-0.15, -0.1) is 16.8 Å². The zero-order valence-electron chi connectivity index (χ0n) is 18.2. The number of carbonyl (C=O) groups excluding carboxylic acids is 1. The Morgan fingerprint density at radius 1 is 1.22 bits per heavy atom. The van der Waals surface area contributed by atoms with Gasteiger partial charge in [0.15, 0.2) is 22.5 Å². The molecule has 0 radical (unpaired) electrons. The van der Waals surface area contributed by atoms with Crippen LogP contribution in [0.5, 0.6) is 11.5 Å². The lowest BCUT2D eigenvalue weighted by Gasteiger charge is -2.12. The lowest BCUT2D eigenvalue weighted by Crippen LogP contribution is -2.15. The molecule has 9 heteroatoms. The van der Waals surface area contributed by atoms with E-state index in [0.29, 0.717) is 39.7 Å². The Kier molecular flexibility index (Phi) is 8.19. The van der Waals surface area contributed by atoms with Gasteiger partial charge in [-0.3, -0.25) is 9.36 Å². The van der Waals surface area contributed by atoms with E-state index in [0.717, 1.165) is 11.1 Å². The first-order valence-electron chi connectivity index (χ1n) is 9.90. The Morgan fingerprint density at radius 2 is 2.03 bits per heavy atom. The molecule has 0 bridgehead atoms. The molecular weight excluding hydrogens is 448 g/mol. The van der Waals surface area contributed by atoms with Crippen molar-refractivity contribution < 1.29 is 14.3 Å². The Morgan fingerprint density at radius 3 is 2.75 bits per heavy atom. The zero-order valence-corrected chi connectivity index (χ0v) is 19.8. The minimum Gasteiger partial charge on any atom is -0.493 e. The first kappa shape index (κ1) is 23.7. The predicted octanol–water partition coefficient (Wildman–Crippen LogP) is 5.05. The second kappa shape index (κ2) is 11.1. The number of aromatic nitrogens is 3. The fourth-order valence-corrected chi connectivity index (χ4v) is 3.83. The summed E-state index contributed by atoms with van der Waals surface area (Å²) >= 11 is 7.41. The Bertz CT molecular complexity index is 1120. The number of aryl methyl sites for hydroxylation is 2. The largest absolute Gasteiger partial charge is 0.493 e. The molecule has 2 aromatic carbocycles. The normalized spacial score (nSPS) is 10.6. The molecule has 0 saturated heterocycles. The number of carbonyl (C=O) groups is 1. The smallest absolute Gasteiger partial charge is 0.234 e. The van der Waals surface area contributed by atoms with Gasteiger partial charge in [0.1, 0.15) is 6.61 Å². The Hall–Kier alpha value is -2.97. The second-order valence-electron chi connectivity index (χ2n) is 7.04. The summed E-state index contributed by atoms with van der Waals surface area (Å²) in [5.74, 6) is 1.91. The molecule has 0 fully saturated rings. The molecule has 0 aliphatic rings. The van der Waals surface area contributed by atoms with E-state index < -0.39 is 0 Å². The van der Waals surface area contributed by atoms with Crippen molar-refractivity contribution in [3.05, 3.63) is 71.0 Å². The van der Waals surface area contributed by atoms with Crippen LogP contribution in [0.25, 0.3) is 0 Å². The van der Waals surface area contributed by atoms with Crippen molar-refractivity contribution in [1.82, 2.24) is 14.8 Å². The molecule has 3 rings (SSSR count). The van der Waals surface area contributed by atoms with E-state index in [9.17, 15) is 4.79 Å². The number of hydrogen-bond acceptors (Lipinski definition) is 6. The zero-order chi connectivity index (χ0) is 23.1. The molecule has 168 valence electrons. The number of methoxy groups -OCH3 is 1. The molecule has 1 aromatic heterocycles. The molecule has 0 aliphatic carbocycles. The van der Waals surface area contributed by atoms with Gasteiger partial charge in [-0.2, -0.15) is 0 Å². The number of halogens is 1. The average molecular weight is 473 g/mol. The van der Waals surface area contributed by atoms with E-state index in [1.54, 1.807) is 19.3 Å². The van der Waals surface area contributed by atoms with Crippen molar-refractivity contribution in [1.29, 1.82) is 0 Å². The third-order valence-corrected chi connectivity index (χ3v) is 5.94. The SMILES string of the molecule is C=CCn1c(COc2ccc(C)cc2OC)nnc1SCC(=O)Nc1ccc(C)c(Cl)c1. The van der Waals surface area contributed by atoms with Gasteiger partial charge in [-0.1, -0.05) is 41.6 Å². The summed E-state index contributed by atoms with van der Waals surface area (Å²) < 4.78 is 13.2.